The number of hydrogen-bond donors (Lipinski definition) is 0. The van der Waals surface area contributed by atoms with Crippen LogP contribution in [-0.4, -0.2) is 72.3 Å². The SMILES string of the molecule is CCCN(CCC(=O)N1CCN(CC=Cc2ccccc2)CC1)C(=O)c1ccoc1C. The predicted molar refractivity (Wildman–Crippen MR) is 123 cm³/mol. The topological polar surface area (TPSA) is 57.0 Å². The van der Waals surface area contributed by atoms with Gasteiger partial charge in [0.1, 0.15) is 5.76 Å². The van der Waals surface area contributed by atoms with Crippen LogP contribution in [0.5, 0.6) is 0 Å². The molecule has 0 atom stereocenters. The number of piperazine rings is 1. The van der Waals surface area contributed by atoms with Gasteiger partial charge in [0, 0.05) is 52.2 Å². The summed E-state index contributed by atoms with van der Waals surface area (Å²) in [4.78, 5) is 31.6. The molecule has 1 fully saturated rings. The van der Waals surface area contributed by atoms with E-state index in [9.17, 15) is 9.59 Å². The van der Waals surface area contributed by atoms with Crippen molar-refractivity contribution in [3.8, 4) is 0 Å². The third kappa shape index (κ3) is 6.56. The van der Waals surface area contributed by atoms with Crippen LogP contribution < -0.4 is 0 Å². The highest BCUT2D eigenvalue weighted by Gasteiger charge is 2.23. The summed E-state index contributed by atoms with van der Waals surface area (Å²) in [6.07, 6.45) is 7.06. The number of carbonyl (C=O) groups excluding carboxylic acids is 2. The van der Waals surface area contributed by atoms with Crippen LogP contribution >= 0.6 is 0 Å². The third-order valence-corrected chi connectivity index (χ3v) is 5.66. The summed E-state index contributed by atoms with van der Waals surface area (Å²) in [5.41, 5.74) is 1.78. The summed E-state index contributed by atoms with van der Waals surface area (Å²) in [6, 6.07) is 12.0. The molecule has 0 saturated carbocycles. The lowest BCUT2D eigenvalue weighted by Gasteiger charge is -2.34. The lowest BCUT2D eigenvalue weighted by atomic mass is 10.2. The van der Waals surface area contributed by atoms with Crippen molar-refractivity contribution < 1.29 is 14.0 Å². The summed E-state index contributed by atoms with van der Waals surface area (Å²) in [7, 11) is 0. The van der Waals surface area contributed by atoms with Crippen molar-refractivity contribution >= 4 is 17.9 Å². The Balaban J connectivity index is 1.43. The second-order valence-corrected chi connectivity index (χ2v) is 7.93. The molecule has 0 radical (unpaired) electrons. The van der Waals surface area contributed by atoms with Crippen molar-refractivity contribution in [2.75, 3.05) is 45.8 Å². The molecule has 1 aliphatic rings. The van der Waals surface area contributed by atoms with Crippen molar-refractivity contribution in [1.29, 1.82) is 0 Å². The zero-order chi connectivity index (χ0) is 22.1. The maximum absolute atomic E-state index is 12.8. The Bertz CT molecular complexity index is 867. The van der Waals surface area contributed by atoms with Crippen LogP contribution in [0.1, 0.15) is 41.4 Å². The van der Waals surface area contributed by atoms with Crippen LogP contribution in [0.15, 0.2) is 53.2 Å². The first-order valence-electron chi connectivity index (χ1n) is 11.1. The molecule has 0 bridgehead atoms. The normalized spacial score (nSPS) is 14.8. The van der Waals surface area contributed by atoms with Crippen LogP contribution in [0.2, 0.25) is 0 Å². The molecule has 31 heavy (non-hydrogen) atoms. The minimum atomic E-state index is -0.0593. The van der Waals surface area contributed by atoms with Gasteiger partial charge in [0.05, 0.1) is 11.8 Å². The average molecular weight is 424 g/mol. The Hall–Kier alpha value is -2.86. The van der Waals surface area contributed by atoms with Crippen LogP contribution in [0.4, 0.5) is 0 Å². The van der Waals surface area contributed by atoms with Crippen molar-refractivity contribution in [2.24, 2.45) is 0 Å². The van der Waals surface area contributed by atoms with Crippen molar-refractivity contribution in [3.05, 3.63) is 65.6 Å². The Morgan fingerprint density at radius 2 is 1.81 bits per heavy atom. The van der Waals surface area contributed by atoms with Crippen LogP contribution in [0, 0.1) is 6.92 Å². The van der Waals surface area contributed by atoms with Gasteiger partial charge < -0.3 is 14.2 Å². The molecule has 1 aliphatic heterocycles. The number of benzene rings is 1. The zero-order valence-electron chi connectivity index (χ0n) is 18.6. The maximum Gasteiger partial charge on any atom is 0.257 e. The van der Waals surface area contributed by atoms with Crippen molar-refractivity contribution in [1.82, 2.24) is 14.7 Å². The quantitative estimate of drug-likeness (QED) is 0.617. The van der Waals surface area contributed by atoms with Gasteiger partial charge in [-0.25, -0.2) is 0 Å². The van der Waals surface area contributed by atoms with E-state index < -0.39 is 0 Å². The molecule has 0 spiro atoms. The predicted octanol–water partition coefficient (Wildman–Crippen LogP) is 3.69. The van der Waals surface area contributed by atoms with E-state index in [1.165, 1.54) is 11.8 Å². The molecule has 1 aromatic carbocycles. The molecule has 1 aromatic heterocycles. The van der Waals surface area contributed by atoms with E-state index in [2.05, 4.69) is 29.2 Å². The van der Waals surface area contributed by atoms with E-state index in [0.29, 0.717) is 30.8 Å². The molecule has 2 aromatic rings. The molecular formula is C25H33N3O3. The highest BCUT2D eigenvalue weighted by atomic mass is 16.3. The fourth-order valence-electron chi connectivity index (χ4n) is 3.83. The van der Waals surface area contributed by atoms with E-state index in [0.717, 1.165) is 39.1 Å². The van der Waals surface area contributed by atoms with E-state index in [4.69, 9.17) is 4.42 Å². The third-order valence-electron chi connectivity index (χ3n) is 5.66. The lowest BCUT2D eigenvalue weighted by molar-refractivity contribution is -0.133. The van der Waals surface area contributed by atoms with E-state index in [1.54, 1.807) is 17.9 Å². The number of aryl methyl sites for hydroxylation is 1. The Labute approximate surface area is 185 Å². The molecule has 3 rings (SSSR count). The molecule has 2 amide bonds. The van der Waals surface area contributed by atoms with Crippen LogP contribution in [0.25, 0.3) is 6.08 Å². The molecule has 1 saturated heterocycles. The summed E-state index contributed by atoms with van der Waals surface area (Å²) in [5.74, 6) is 0.683. The number of nitrogens with zero attached hydrogens (tertiary/aromatic N) is 3. The summed E-state index contributed by atoms with van der Waals surface area (Å²) in [6.45, 7) is 9.01. The largest absolute Gasteiger partial charge is 0.469 e. The molecule has 166 valence electrons. The Morgan fingerprint density at radius 3 is 2.45 bits per heavy atom. The van der Waals surface area contributed by atoms with E-state index in [-0.39, 0.29) is 11.8 Å². The lowest BCUT2D eigenvalue weighted by Crippen LogP contribution is -2.49. The second kappa shape index (κ2) is 11.5. The maximum atomic E-state index is 12.8. The highest BCUT2D eigenvalue weighted by Crippen LogP contribution is 2.14. The first-order chi connectivity index (χ1) is 15.1. The zero-order valence-corrected chi connectivity index (χ0v) is 18.6. The van der Waals surface area contributed by atoms with Gasteiger partial charge in [-0.15, -0.1) is 0 Å². The fraction of sp³-hybridized carbons (Fsp3) is 0.440. The summed E-state index contributed by atoms with van der Waals surface area (Å²) < 4.78 is 5.27. The average Bonchev–Trinajstić information content (AvgIpc) is 3.23. The molecule has 0 unspecified atom stereocenters. The molecule has 2 heterocycles. The Morgan fingerprint density at radius 1 is 1.06 bits per heavy atom. The molecule has 0 aliphatic carbocycles. The first kappa shape index (κ1) is 22.8. The Kier molecular flexibility index (Phi) is 8.47. The van der Waals surface area contributed by atoms with Gasteiger partial charge >= 0.3 is 0 Å². The summed E-state index contributed by atoms with van der Waals surface area (Å²) in [5, 5.41) is 0. The number of carbonyl (C=O) groups is 2. The summed E-state index contributed by atoms with van der Waals surface area (Å²) >= 11 is 0. The minimum Gasteiger partial charge on any atom is -0.469 e. The highest BCUT2D eigenvalue weighted by molar-refractivity contribution is 5.95. The standard InChI is InChI=1S/C25H33N3O3/c1-3-13-28(25(30)23-12-20-31-21(23)2)15-11-24(29)27-18-16-26(17-19-27)14-7-10-22-8-5-4-6-9-22/h4-10,12,20H,3,11,13-19H2,1-2H3. The van der Waals surface area contributed by atoms with Crippen molar-refractivity contribution in [3.63, 3.8) is 0 Å². The fourth-order valence-corrected chi connectivity index (χ4v) is 3.83. The van der Waals surface area contributed by atoms with Gasteiger partial charge in [-0.2, -0.15) is 0 Å². The molecular weight excluding hydrogens is 390 g/mol. The second-order valence-electron chi connectivity index (χ2n) is 7.93. The molecule has 6 heteroatoms. The van der Waals surface area contributed by atoms with Gasteiger partial charge in [0.25, 0.3) is 5.91 Å². The van der Waals surface area contributed by atoms with Gasteiger partial charge in [0.2, 0.25) is 5.91 Å². The van der Waals surface area contributed by atoms with Gasteiger partial charge in [-0.05, 0) is 25.0 Å². The van der Waals surface area contributed by atoms with Gasteiger partial charge in [-0.1, -0.05) is 49.4 Å². The first-order valence-corrected chi connectivity index (χ1v) is 11.1. The minimum absolute atomic E-state index is 0.0593. The number of amides is 2. The van der Waals surface area contributed by atoms with E-state index in [1.807, 2.05) is 30.0 Å². The molecule has 0 N–H and O–H groups in total. The number of furan rings is 1. The monoisotopic (exact) mass is 423 g/mol. The van der Waals surface area contributed by atoms with Gasteiger partial charge in [-0.3, -0.25) is 14.5 Å². The number of rotatable bonds is 9. The van der Waals surface area contributed by atoms with Crippen LogP contribution in [-0.2, 0) is 4.79 Å². The van der Waals surface area contributed by atoms with E-state index >= 15 is 0 Å². The van der Waals surface area contributed by atoms with Gasteiger partial charge in [0.15, 0.2) is 0 Å². The molecule has 6 nitrogen and oxygen atoms in total. The number of hydrogen-bond acceptors (Lipinski definition) is 4. The van der Waals surface area contributed by atoms with Crippen LogP contribution in [0.3, 0.4) is 0 Å². The van der Waals surface area contributed by atoms with Crippen molar-refractivity contribution in [2.45, 2.75) is 26.7 Å². The smallest absolute Gasteiger partial charge is 0.257 e.